The summed E-state index contributed by atoms with van der Waals surface area (Å²) in [5.41, 5.74) is 0.183. The molecule has 1 nitrogen and oxygen atoms in total. The largest absolute Gasteiger partial charge is 0.378 e. The van der Waals surface area contributed by atoms with Crippen LogP contribution >= 0.6 is 0 Å². The fourth-order valence-corrected chi connectivity index (χ4v) is 1.41. The minimum absolute atomic E-state index is 0.0208. The van der Waals surface area contributed by atoms with Crippen molar-refractivity contribution in [1.82, 2.24) is 0 Å². The van der Waals surface area contributed by atoms with Crippen molar-refractivity contribution in [3.05, 3.63) is 0 Å². The maximum atomic E-state index is 5.56. The fraction of sp³-hybridized carbons (Fsp3) is 1.00. The van der Waals surface area contributed by atoms with Gasteiger partial charge in [0, 0.05) is 7.11 Å². The van der Waals surface area contributed by atoms with Crippen molar-refractivity contribution in [2.24, 2.45) is 11.3 Å². The first-order chi connectivity index (χ1) is 4.75. The third-order valence-electron chi connectivity index (χ3n) is 3.01. The number of hydrogen-bond donors (Lipinski definition) is 0. The fourth-order valence-electron chi connectivity index (χ4n) is 1.41. The predicted molar refractivity (Wildman–Crippen MR) is 49.7 cm³/mol. The van der Waals surface area contributed by atoms with Gasteiger partial charge in [-0.2, -0.15) is 0 Å². The molecule has 0 bridgehead atoms. The quantitative estimate of drug-likeness (QED) is 0.600. The summed E-state index contributed by atoms with van der Waals surface area (Å²) in [6.45, 7) is 13.2. The summed E-state index contributed by atoms with van der Waals surface area (Å²) >= 11 is 0. The van der Waals surface area contributed by atoms with E-state index in [4.69, 9.17) is 4.74 Å². The van der Waals surface area contributed by atoms with Crippen molar-refractivity contribution in [2.75, 3.05) is 7.11 Å². The third-order valence-corrected chi connectivity index (χ3v) is 3.01. The van der Waals surface area contributed by atoms with Crippen molar-refractivity contribution in [1.29, 1.82) is 0 Å². The van der Waals surface area contributed by atoms with Crippen LogP contribution in [0.15, 0.2) is 0 Å². The highest BCUT2D eigenvalue weighted by atomic mass is 16.5. The molecule has 0 saturated heterocycles. The molecule has 0 rings (SSSR count). The second kappa shape index (κ2) is 3.14. The Kier molecular flexibility index (Phi) is 3.13. The van der Waals surface area contributed by atoms with Crippen LogP contribution in [-0.2, 0) is 4.74 Å². The first-order valence-corrected chi connectivity index (χ1v) is 4.31. The lowest BCUT2D eigenvalue weighted by Gasteiger charge is -2.44. The van der Waals surface area contributed by atoms with Gasteiger partial charge in [0.05, 0.1) is 5.60 Å². The minimum Gasteiger partial charge on any atom is -0.378 e. The Labute approximate surface area is 71.1 Å². The molecule has 0 aromatic rings. The summed E-state index contributed by atoms with van der Waals surface area (Å²) in [7, 11) is 1.80. The van der Waals surface area contributed by atoms with Crippen LogP contribution in [0.4, 0.5) is 0 Å². The Morgan fingerprint density at radius 2 is 1.36 bits per heavy atom. The monoisotopic (exact) mass is 158 g/mol. The number of ether oxygens (including phenoxy) is 1. The SMILES string of the molecule is CO[C@](C)(C(C)C)C(C)(C)C. The Hall–Kier alpha value is -0.0400. The predicted octanol–water partition coefficient (Wildman–Crippen LogP) is 3.09. The van der Waals surface area contributed by atoms with Gasteiger partial charge in [-0.1, -0.05) is 34.6 Å². The van der Waals surface area contributed by atoms with Gasteiger partial charge < -0.3 is 4.74 Å². The molecule has 0 aromatic carbocycles. The lowest BCUT2D eigenvalue weighted by atomic mass is 9.71. The van der Waals surface area contributed by atoms with Crippen molar-refractivity contribution in [3.63, 3.8) is 0 Å². The van der Waals surface area contributed by atoms with Crippen LogP contribution in [0.1, 0.15) is 41.5 Å². The molecule has 0 radical (unpaired) electrons. The molecule has 0 aromatic heterocycles. The molecule has 0 N–H and O–H groups in total. The number of methoxy groups -OCH3 is 1. The van der Waals surface area contributed by atoms with E-state index in [-0.39, 0.29) is 11.0 Å². The molecule has 0 fully saturated rings. The van der Waals surface area contributed by atoms with Crippen molar-refractivity contribution < 1.29 is 4.74 Å². The van der Waals surface area contributed by atoms with Crippen LogP contribution in [0.2, 0.25) is 0 Å². The summed E-state index contributed by atoms with van der Waals surface area (Å²) in [4.78, 5) is 0. The van der Waals surface area contributed by atoms with E-state index in [1.54, 1.807) is 7.11 Å². The maximum Gasteiger partial charge on any atom is 0.0721 e. The van der Waals surface area contributed by atoms with Crippen LogP contribution < -0.4 is 0 Å². The summed E-state index contributed by atoms with van der Waals surface area (Å²) in [6.07, 6.45) is 0. The van der Waals surface area contributed by atoms with Gasteiger partial charge in [0.2, 0.25) is 0 Å². The molecule has 0 aliphatic heterocycles. The summed E-state index contributed by atoms with van der Waals surface area (Å²) in [5.74, 6) is 0.549. The van der Waals surface area contributed by atoms with Crippen LogP contribution in [0.5, 0.6) is 0 Å². The average Bonchev–Trinajstić information content (AvgIpc) is 1.83. The van der Waals surface area contributed by atoms with E-state index in [0.29, 0.717) is 5.92 Å². The van der Waals surface area contributed by atoms with Crippen molar-refractivity contribution in [2.45, 2.75) is 47.1 Å². The number of rotatable bonds is 2. The van der Waals surface area contributed by atoms with Gasteiger partial charge in [0.1, 0.15) is 0 Å². The van der Waals surface area contributed by atoms with Gasteiger partial charge in [-0.25, -0.2) is 0 Å². The molecule has 0 saturated carbocycles. The zero-order valence-corrected chi connectivity index (χ0v) is 8.99. The Morgan fingerprint density at radius 3 is 1.36 bits per heavy atom. The van der Waals surface area contributed by atoms with E-state index in [2.05, 4.69) is 41.5 Å². The first-order valence-electron chi connectivity index (χ1n) is 4.31. The van der Waals surface area contributed by atoms with Gasteiger partial charge in [0.15, 0.2) is 0 Å². The highest BCUT2D eigenvalue weighted by Crippen LogP contribution is 2.38. The molecule has 0 amide bonds. The molecule has 0 unspecified atom stereocenters. The van der Waals surface area contributed by atoms with Gasteiger partial charge >= 0.3 is 0 Å². The van der Waals surface area contributed by atoms with Gasteiger partial charge in [-0.15, -0.1) is 0 Å². The molecule has 0 spiro atoms. The van der Waals surface area contributed by atoms with E-state index in [9.17, 15) is 0 Å². The summed E-state index contributed by atoms with van der Waals surface area (Å²) < 4.78 is 5.56. The first kappa shape index (κ1) is 11.0. The molecule has 0 aliphatic carbocycles. The zero-order valence-electron chi connectivity index (χ0n) is 8.99. The molecule has 1 heteroatoms. The minimum atomic E-state index is -0.0208. The van der Waals surface area contributed by atoms with Crippen LogP contribution in [-0.4, -0.2) is 12.7 Å². The standard InChI is InChI=1S/C10H22O/c1-8(2)10(6,11-7)9(3,4)5/h8H,1-7H3/t10-/m1/s1. The Morgan fingerprint density at radius 1 is 1.00 bits per heavy atom. The molecule has 1 atom stereocenters. The average molecular weight is 158 g/mol. The van der Waals surface area contributed by atoms with Crippen LogP contribution in [0.3, 0.4) is 0 Å². The lowest BCUT2D eigenvalue weighted by molar-refractivity contribution is -0.110. The molecular formula is C10H22O. The lowest BCUT2D eigenvalue weighted by Crippen LogP contribution is -2.46. The second-order valence-corrected chi connectivity index (χ2v) is 4.72. The zero-order chi connectivity index (χ0) is 9.28. The van der Waals surface area contributed by atoms with Crippen LogP contribution in [0, 0.1) is 11.3 Å². The summed E-state index contributed by atoms with van der Waals surface area (Å²) in [5, 5.41) is 0. The molecule has 0 aliphatic rings. The molecule has 11 heavy (non-hydrogen) atoms. The second-order valence-electron chi connectivity index (χ2n) is 4.72. The van der Waals surface area contributed by atoms with E-state index in [1.807, 2.05) is 0 Å². The molecule has 0 heterocycles. The van der Waals surface area contributed by atoms with Gasteiger partial charge in [0.25, 0.3) is 0 Å². The summed E-state index contributed by atoms with van der Waals surface area (Å²) in [6, 6.07) is 0. The van der Waals surface area contributed by atoms with Gasteiger partial charge in [-0.3, -0.25) is 0 Å². The van der Waals surface area contributed by atoms with Gasteiger partial charge in [-0.05, 0) is 18.3 Å². The molecular weight excluding hydrogens is 136 g/mol. The van der Waals surface area contributed by atoms with E-state index in [0.717, 1.165) is 0 Å². The Bertz CT molecular complexity index is 121. The van der Waals surface area contributed by atoms with Crippen molar-refractivity contribution in [3.8, 4) is 0 Å². The highest BCUT2D eigenvalue weighted by Gasteiger charge is 2.40. The van der Waals surface area contributed by atoms with E-state index < -0.39 is 0 Å². The topological polar surface area (TPSA) is 9.23 Å². The van der Waals surface area contributed by atoms with Crippen molar-refractivity contribution >= 4 is 0 Å². The van der Waals surface area contributed by atoms with E-state index in [1.165, 1.54) is 0 Å². The molecule has 68 valence electrons. The third kappa shape index (κ3) is 1.96. The Balaban J connectivity index is 4.61. The van der Waals surface area contributed by atoms with Crippen LogP contribution in [0.25, 0.3) is 0 Å². The smallest absolute Gasteiger partial charge is 0.0721 e. The highest BCUT2D eigenvalue weighted by molar-refractivity contribution is 4.90. The number of hydrogen-bond acceptors (Lipinski definition) is 1. The maximum absolute atomic E-state index is 5.56. The normalized spacial score (nSPS) is 18.5. The van der Waals surface area contributed by atoms with E-state index >= 15 is 0 Å².